The van der Waals surface area contributed by atoms with Crippen LogP contribution in [0, 0.1) is 6.92 Å². The Morgan fingerprint density at radius 3 is 2.09 bits per heavy atom. The molecule has 5 aromatic rings. The van der Waals surface area contributed by atoms with Crippen molar-refractivity contribution in [2.45, 2.75) is 108 Å². The monoisotopic (exact) mass is 945 g/mol. The first-order valence-corrected chi connectivity index (χ1v) is 23.2. The van der Waals surface area contributed by atoms with Gasteiger partial charge in [0, 0.05) is 50.1 Å². The molecule has 0 aliphatic carbocycles. The average Bonchev–Trinajstić information content (AvgIpc) is 3.90. The molecule has 4 aliphatic rings. The van der Waals surface area contributed by atoms with Crippen molar-refractivity contribution in [3.05, 3.63) is 94.0 Å². The van der Waals surface area contributed by atoms with Gasteiger partial charge in [0.1, 0.15) is 41.5 Å². The van der Waals surface area contributed by atoms with Gasteiger partial charge in [0.25, 0.3) is 0 Å². The number of anilines is 2. The predicted molar refractivity (Wildman–Crippen MR) is 249 cm³/mol. The molecule has 1 amide bonds. The van der Waals surface area contributed by atoms with E-state index in [4.69, 9.17) is 45.5 Å². The maximum Gasteiger partial charge on any atom is 0.418 e. The van der Waals surface area contributed by atoms with Crippen molar-refractivity contribution in [2.75, 3.05) is 56.8 Å². The molecule has 9 rings (SSSR count). The lowest BCUT2D eigenvalue weighted by Gasteiger charge is -2.42. The number of carbonyl (C=O) groups excluding carboxylic acids is 1. The fourth-order valence-electron chi connectivity index (χ4n) is 10.4. The van der Waals surface area contributed by atoms with E-state index < -0.39 is 29.1 Å². The summed E-state index contributed by atoms with van der Waals surface area (Å²) in [7, 11) is 3.17. The highest BCUT2D eigenvalue weighted by Gasteiger charge is 2.50. The summed E-state index contributed by atoms with van der Waals surface area (Å²) < 4.78 is 84.0. The Balaban J connectivity index is 1.14. The standard InChI is InChI=1S/C50H56ClF4N7O5/c1-30-20-42(59(24-31-8-14-36(64-5)15-9-31)25-32-10-16-37(65-6)17-11-32)57-44(43(30)50(53,54)55)38-22-41-39(21-40(38)51)45(58-46(56-41)66-29-49-18-7-19-61(49)26-33(52)23-49)60-27-34-12-13-35(28-60)62(34)47(63)67-48(2,3)4/h8-11,14-17,20-22,33-35H,7,12-13,18-19,23-29H2,1-6H3/t33-,34?,35?,49+/m1/s1. The highest BCUT2D eigenvalue weighted by Crippen LogP contribution is 2.46. The summed E-state index contributed by atoms with van der Waals surface area (Å²) in [5.74, 6) is 2.12. The number of aromatic nitrogens is 3. The van der Waals surface area contributed by atoms with E-state index >= 15 is 13.2 Å². The Morgan fingerprint density at radius 2 is 1.51 bits per heavy atom. The number of benzene rings is 3. The van der Waals surface area contributed by atoms with Gasteiger partial charge in [0.05, 0.1) is 53.6 Å². The molecular weight excluding hydrogens is 890 g/mol. The van der Waals surface area contributed by atoms with Crippen LogP contribution in [0.5, 0.6) is 17.5 Å². The second-order valence-electron chi connectivity index (χ2n) is 19.3. The molecule has 4 fully saturated rings. The molecule has 0 saturated carbocycles. The fourth-order valence-corrected chi connectivity index (χ4v) is 10.7. The summed E-state index contributed by atoms with van der Waals surface area (Å²) in [6, 6.07) is 19.2. The third-order valence-electron chi connectivity index (χ3n) is 13.5. The third kappa shape index (κ3) is 9.61. The predicted octanol–water partition coefficient (Wildman–Crippen LogP) is 10.4. The third-order valence-corrected chi connectivity index (χ3v) is 13.8. The summed E-state index contributed by atoms with van der Waals surface area (Å²) in [5, 5.41) is 0.520. The van der Waals surface area contributed by atoms with Crippen molar-refractivity contribution in [1.29, 1.82) is 0 Å². The molecule has 2 unspecified atom stereocenters. The SMILES string of the molecule is COc1ccc(CN(Cc2ccc(OC)cc2)c2cc(C)c(C(F)(F)F)c(-c3cc4nc(OC[C@@]56CCCN5C[C@H](F)C6)nc(N5CC6CCC(C5)N6C(=O)OC(C)(C)C)c4cc3Cl)n2)cc1. The molecule has 0 radical (unpaired) electrons. The number of aryl methyl sites for hydroxylation is 1. The van der Waals surface area contributed by atoms with Crippen molar-refractivity contribution >= 4 is 40.2 Å². The minimum Gasteiger partial charge on any atom is -0.497 e. The Bertz CT molecular complexity index is 2570. The number of pyridine rings is 1. The largest absolute Gasteiger partial charge is 0.497 e. The lowest BCUT2D eigenvalue weighted by Crippen LogP contribution is -2.57. The molecule has 4 saturated heterocycles. The van der Waals surface area contributed by atoms with Gasteiger partial charge < -0.3 is 28.7 Å². The fraction of sp³-hybridized carbons (Fsp3) is 0.480. The summed E-state index contributed by atoms with van der Waals surface area (Å²) >= 11 is 7.17. The minimum absolute atomic E-state index is 0.0142. The van der Waals surface area contributed by atoms with Gasteiger partial charge in [0.15, 0.2) is 0 Å². The molecule has 4 atom stereocenters. The van der Waals surface area contributed by atoms with E-state index in [1.165, 1.54) is 19.1 Å². The second kappa shape index (κ2) is 18.1. The lowest BCUT2D eigenvalue weighted by molar-refractivity contribution is -0.137. The number of methoxy groups -OCH3 is 2. The van der Waals surface area contributed by atoms with Gasteiger partial charge in [0.2, 0.25) is 0 Å². The van der Waals surface area contributed by atoms with Gasteiger partial charge >= 0.3 is 18.3 Å². The zero-order valence-electron chi connectivity index (χ0n) is 38.6. The lowest BCUT2D eigenvalue weighted by atomic mass is 9.95. The van der Waals surface area contributed by atoms with Crippen molar-refractivity contribution in [3.63, 3.8) is 0 Å². The van der Waals surface area contributed by atoms with Crippen molar-refractivity contribution in [2.24, 2.45) is 0 Å². The molecule has 2 bridgehead atoms. The molecule has 4 aliphatic heterocycles. The number of rotatable bonds is 12. The Morgan fingerprint density at radius 1 is 0.881 bits per heavy atom. The van der Waals surface area contributed by atoms with Crippen LogP contribution in [0.3, 0.4) is 0 Å². The zero-order chi connectivity index (χ0) is 47.4. The van der Waals surface area contributed by atoms with Crippen LogP contribution in [0.15, 0.2) is 66.7 Å². The summed E-state index contributed by atoms with van der Waals surface area (Å²) in [6.07, 6.45) is -2.62. The van der Waals surface area contributed by atoms with Crippen LogP contribution in [-0.4, -0.2) is 107 Å². The molecule has 67 heavy (non-hydrogen) atoms. The number of ether oxygens (including phenoxy) is 4. The van der Waals surface area contributed by atoms with Crippen LogP contribution in [0.4, 0.5) is 34.0 Å². The van der Waals surface area contributed by atoms with E-state index in [-0.39, 0.29) is 52.6 Å². The van der Waals surface area contributed by atoms with Crippen LogP contribution in [0.25, 0.3) is 22.2 Å². The number of hydrogen-bond acceptors (Lipinski definition) is 11. The average molecular weight is 946 g/mol. The maximum absolute atomic E-state index is 15.4. The van der Waals surface area contributed by atoms with Gasteiger partial charge in [-0.2, -0.15) is 23.1 Å². The quantitative estimate of drug-likeness (QED) is 0.112. The van der Waals surface area contributed by atoms with E-state index in [9.17, 15) is 9.18 Å². The molecule has 356 valence electrons. The number of amides is 1. The topological polar surface area (TPSA) is 106 Å². The van der Waals surface area contributed by atoms with E-state index in [1.807, 2.05) is 79.1 Å². The number of hydrogen-bond donors (Lipinski definition) is 0. The number of carbonyl (C=O) groups is 1. The first-order valence-electron chi connectivity index (χ1n) is 22.8. The Kier molecular flexibility index (Phi) is 12.6. The molecule has 17 heteroatoms. The molecule has 3 aromatic carbocycles. The number of alkyl halides is 4. The first-order chi connectivity index (χ1) is 31.9. The normalized spacial score (nSPS) is 21.7. The number of fused-ring (bicyclic) bond motifs is 4. The van der Waals surface area contributed by atoms with Crippen molar-refractivity contribution < 1.29 is 41.3 Å². The van der Waals surface area contributed by atoms with E-state index in [0.717, 1.165) is 43.4 Å². The highest BCUT2D eigenvalue weighted by molar-refractivity contribution is 6.34. The van der Waals surface area contributed by atoms with Crippen LogP contribution in [0.2, 0.25) is 5.02 Å². The van der Waals surface area contributed by atoms with Crippen molar-refractivity contribution in [1.82, 2.24) is 24.8 Å². The molecule has 12 nitrogen and oxygen atoms in total. The summed E-state index contributed by atoms with van der Waals surface area (Å²) in [4.78, 5) is 36.0. The summed E-state index contributed by atoms with van der Waals surface area (Å²) in [5.41, 5.74) is -0.388. The van der Waals surface area contributed by atoms with Crippen LogP contribution >= 0.6 is 11.6 Å². The second-order valence-corrected chi connectivity index (χ2v) is 19.7. The molecule has 0 N–H and O–H groups in total. The molecular formula is C50H56ClF4N7O5. The van der Waals surface area contributed by atoms with Crippen LogP contribution < -0.4 is 24.0 Å². The van der Waals surface area contributed by atoms with E-state index in [2.05, 4.69) is 9.80 Å². The van der Waals surface area contributed by atoms with Crippen LogP contribution in [0.1, 0.15) is 75.1 Å². The molecule has 6 heterocycles. The van der Waals surface area contributed by atoms with Crippen molar-refractivity contribution in [3.8, 4) is 28.8 Å². The van der Waals surface area contributed by atoms with Gasteiger partial charge in [-0.15, -0.1) is 0 Å². The van der Waals surface area contributed by atoms with Gasteiger partial charge in [-0.1, -0.05) is 35.9 Å². The number of piperazine rings is 1. The van der Waals surface area contributed by atoms with E-state index in [0.29, 0.717) is 73.2 Å². The van der Waals surface area contributed by atoms with E-state index in [1.54, 1.807) is 20.3 Å². The number of halogens is 5. The molecule has 0 spiro atoms. The van der Waals surface area contributed by atoms with Gasteiger partial charge in [-0.25, -0.2) is 14.2 Å². The number of nitrogens with zero attached hydrogens (tertiary/aromatic N) is 7. The maximum atomic E-state index is 15.4. The molecule has 2 aromatic heterocycles. The first kappa shape index (κ1) is 46.5. The van der Waals surface area contributed by atoms with Crippen LogP contribution in [-0.2, 0) is 24.0 Å². The Labute approximate surface area is 393 Å². The summed E-state index contributed by atoms with van der Waals surface area (Å²) in [6.45, 7) is 9.65. The minimum atomic E-state index is -4.81. The zero-order valence-corrected chi connectivity index (χ0v) is 39.4. The van der Waals surface area contributed by atoms with Gasteiger partial charge in [-0.3, -0.25) is 9.80 Å². The Hall–Kier alpha value is -5.61. The highest BCUT2D eigenvalue weighted by atomic mass is 35.5. The van der Waals surface area contributed by atoms with Gasteiger partial charge in [-0.05, 0) is 119 Å². The smallest absolute Gasteiger partial charge is 0.418 e.